The van der Waals surface area contributed by atoms with Crippen LogP contribution in [0.4, 0.5) is 8.78 Å². The van der Waals surface area contributed by atoms with E-state index in [1.54, 1.807) is 12.1 Å². The van der Waals surface area contributed by atoms with E-state index in [-0.39, 0.29) is 34.6 Å². The molecule has 25 heavy (non-hydrogen) atoms. The highest BCUT2D eigenvalue weighted by molar-refractivity contribution is 5.88. The molecular formula is C19H13F2NO3. The number of hydrogen-bond acceptors (Lipinski definition) is 3. The number of pyridine rings is 1. The second kappa shape index (κ2) is 6.68. The van der Waals surface area contributed by atoms with Gasteiger partial charge < -0.3 is 10.2 Å². The molecule has 6 heteroatoms. The molecule has 2 N–H and O–H groups in total. The van der Waals surface area contributed by atoms with Crippen molar-refractivity contribution >= 4 is 5.97 Å². The molecule has 0 radical (unpaired) electrons. The van der Waals surface area contributed by atoms with Crippen molar-refractivity contribution in [2.24, 2.45) is 0 Å². The summed E-state index contributed by atoms with van der Waals surface area (Å²) in [5.41, 5.74) is 0.462. The van der Waals surface area contributed by atoms with Crippen LogP contribution in [0.1, 0.15) is 21.6 Å². The fraction of sp³-hybridized carbons (Fsp3) is 0.0526. The number of hydrogen-bond donors (Lipinski definition) is 2. The fourth-order valence-corrected chi connectivity index (χ4v) is 2.57. The normalized spacial score (nSPS) is 10.6. The van der Waals surface area contributed by atoms with Gasteiger partial charge in [-0.1, -0.05) is 12.1 Å². The summed E-state index contributed by atoms with van der Waals surface area (Å²) in [5.74, 6) is -2.83. The van der Waals surface area contributed by atoms with Gasteiger partial charge in [0.1, 0.15) is 17.4 Å². The monoisotopic (exact) mass is 341 g/mol. The highest BCUT2D eigenvalue weighted by Gasteiger charge is 2.17. The molecule has 1 heterocycles. The van der Waals surface area contributed by atoms with E-state index in [1.165, 1.54) is 30.5 Å². The van der Waals surface area contributed by atoms with Gasteiger partial charge in [-0.3, -0.25) is 4.98 Å². The minimum atomic E-state index is -1.21. The SMILES string of the molecule is O=C(O)c1cccnc1Cc1c(F)cc(-c2cccc(O)c2)cc1F. The zero-order valence-electron chi connectivity index (χ0n) is 12.9. The first-order valence-electron chi connectivity index (χ1n) is 7.40. The average Bonchev–Trinajstić information content (AvgIpc) is 2.58. The van der Waals surface area contributed by atoms with Gasteiger partial charge in [0.25, 0.3) is 0 Å². The minimum Gasteiger partial charge on any atom is -0.508 e. The van der Waals surface area contributed by atoms with E-state index in [0.717, 1.165) is 12.1 Å². The van der Waals surface area contributed by atoms with Crippen molar-refractivity contribution in [2.45, 2.75) is 6.42 Å². The van der Waals surface area contributed by atoms with Crippen LogP contribution in [0.5, 0.6) is 5.75 Å². The lowest BCUT2D eigenvalue weighted by Crippen LogP contribution is -2.07. The number of carboxylic acids is 1. The molecule has 0 unspecified atom stereocenters. The van der Waals surface area contributed by atoms with Crippen LogP contribution in [0.15, 0.2) is 54.7 Å². The van der Waals surface area contributed by atoms with Crippen LogP contribution in [0.2, 0.25) is 0 Å². The summed E-state index contributed by atoms with van der Waals surface area (Å²) >= 11 is 0. The van der Waals surface area contributed by atoms with Crippen LogP contribution in [0, 0.1) is 11.6 Å². The minimum absolute atomic E-state index is 0.0121. The number of rotatable bonds is 4. The van der Waals surface area contributed by atoms with Crippen LogP contribution in [0.3, 0.4) is 0 Å². The number of aromatic carboxylic acids is 1. The lowest BCUT2D eigenvalue weighted by Gasteiger charge is -2.10. The van der Waals surface area contributed by atoms with Crippen molar-refractivity contribution < 1.29 is 23.8 Å². The highest BCUT2D eigenvalue weighted by atomic mass is 19.1. The Morgan fingerprint density at radius 1 is 1.00 bits per heavy atom. The van der Waals surface area contributed by atoms with Crippen LogP contribution in [0.25, 0.3) is 11.1 Å². The Bertz CT molecular complexity index is 934. The molecule has 0 aliphatic rings. The molecule has 1 aromatic heterocycles. The van der Waals surface area contributed by atoms with Crippen molar-refractivity contribution in [1.29, 1.82) is 0 Å². The van der Waals surface area contributed by atoms with Crippen molar-refractivity contribution in [3.63, 3.8) is 0 Å². The van der Waals surface area contributed by atoms with Gasteiger partial charge in [0.2, 0.25) is 0 Å². The van der Waals surface area contributed by atoms with Gasteiger partial charge in [0.15, 0.2) is 0 Å². The van der Waals surface area contributed by atoms with Gasteiger partial charge in [0, 0.05) is 18.2 Å². The van der Waals surface area contributed by atoms with Crippen molar-refractivity contribution in [3.8, 4) is 16.9 Å². The molecule has 126 valence electrons. The molecule has 0 aliphatic heterocycles. The van der Waals surface area contributed by atoms with Crippen LogP contribution < -0.4 is 0 Å². The molecule has 0 spiro atoms. The summed E-state index contributed by atoms with van der Waals surface area (Å²) in [6, 6.07) is 11.1. The van der Waals surface area contributed by atoms with Crippen LogP contribution >= 0.6 is 0 Å². The Labute approximate surface area is 142 Å². The molecule has 2 aromatic carbocycles. The molecule has 3 aromatic rings. The maximum atomic E-state index is 14.4. The van der Waals surface area contributed by atoms with E-state index in [0.29, 0.717) is 5.56 Å². The van der Waals surface area contributed by atoms with E-state index in [4.69, 9.17) is 5.11 Å². The summed E-state index contributed by atoms with van der Waals surface area (Å²) in [6.45, 7) is 0. The number of benzene rings is 2. The van der Waals surface area contributed by atoms with E-state index >= 15 is 0 Å². The summed E-state index contributed by atoms with van der Waals surface area (Å²) in [5, 5.41) is 18.6. The third-order valence-corrected chi connectivity index (χ3v) is 3.79. The third-order valence-electron chi connectivity index (χ3n) is 3.79. The predicted molar refractivity (Wildman–Crippen MR) is 87.5 cm³/mol. The third kappa shape index (κ3) is 3.47. The van der Waals surface area contributed by atoms with Crippen molar-refractivity contribution in [3.05, 3.63) is 83.2 Å². The number of nitrogens with zero attached hydrogens (tertiary/aromatic N) is 1. The lowest BCUT2D eigenvalue weighted by atomic mass is 9.99. The summed E-state index contributed by atoms with van der Waals surface area (Å²) in [6.07, 6.45) is 1.10. The van der Waals surface area contributed by atoms with Gasteiger partial charge >= 0.3 is 5.97 Å². The van der Waals surface area contributed by atoms with Gasteiger partial charge in [0.05, 0.1) is 11.3 Å². The van der Waals surface area contributed by atoms with Crippen LogP contribution in [-0.2, 0) is 6.42 Å². The topological polar surface area (TPSA) is 70.4 Å². The first kappa shape index (κ1) is 16.6. The van der Waals surface area contributed by atoms with Crippen LogP contribution in [-0.4, -0.2) is 21.2 Å². The Kier molecular flexibility index (Phi) is 4.43. The molecule has 0 bridgehead atoms. The second-order valence-corrected chi connectivity index (χ2v) is 5.45. The molecule has 3 rings (SSSR count). The van der Waals surface area contributed by atoms with Gasteiger partial charge in [-0.25, -0.2) is 13.6 Å². The zero-order chi connectivity index (χ0) is 18.0. The first-order valence-corrected chi connectivity index (χ1v) is 7.40. The zero-order valence-corrected chi connectivity index (χ0v) is 12.9. The van der Waals surface area contributed by atoms with Crippen molar-refractivity contribution in [2.75, 3.05) is 0 Å². The highest BCUT2D eigenvalue weighted by Crippen LogP contribution is 2.28. The number of phenolic OH excluding ortho intramolecular Hbond substituents is 1. The molecule has 0 saturated heterocycles. The molecule has 0 saturated carbocycles. The first-order chi connectivity index (χ1) is 12.0. The second-order valence-electron chi connectivity index (χ2n) is 5.45. The summed E-state index contributed by atoms with van der Waals surface area (Å²) in [7, 11) is 0. The largest absolute Gasteiger partial charge is 0.508 e. The maximum Gasteiger partial charge on any atom is 0.337 e. The van der Waals surface area contributed by atoms with E-state index in [2.05, 4.69) is 4.98 Å². The summed E-state index contributed by atoms with van der Waals surface area (Å²) in [4.78, 5) is 15.1. The Balaban J connectivity index is 2.01. The lowest BCUT2D eigenvalue weighted by molar-refractivity contribution is 0.0695. The number of aromatic hydroxyl groups is 1. The Morgan fingerprint density at radius 3 is 2.36 bits per heavy atom. The smallest absolute Gasteiger partial charge is 0.337 e. The summed E-state index contributed by atoms with van der Waals surface area (Å²) < 4.78 is 28.9. The molecule has 0 atom stereocenters. The fourth-order valence-electron chi connectivity index (χ4n) is 2.57. The molecule has 4 nitrogen and oxygen atoms in total. The molecule has 0 aliphatic carbocycles. The van der Waals surface area contributed by atoms with E-state index < -0.39 is 17.6 Å². The average molecular weight is 341 g/mol. The van der Waals surface area contributed by atoms with Gasteiger partial charge in [-0.05, 0) is 47.5 Å². The number of carboxylic acid groups (broad SMARTS) is 1. The molecule has 0 amide bonds. The predicted octanol–water partition coefficient (Wildman–Crippen LogP) is 4.02. The quantitative estimate of drug-likeness (QED) is 0.752. The Hall–Kier alpha value is -3.28. The number of carbonyl (C=O) groups is 1. The number of phenols is 1. The number of aromatic nitrogens is 1. The van der Waals surface area contributed by atoms with E-state index in [9.17, 15) is 18.7 Å². The standard InChI is InChI=1S/C19H13F2NO3/c20-16-8-12(11-3-1-4-13(23)7-11)9-17(21)15(16)10-18-14(19(24)25)5-2-6-22-18/h1-9,23H,10H2,(H,24,25). The number of halogens is 2. The van der Waals surface area contributed by atoms with Gasteiger partial charge in [-0.2, -0.15) is 0 Å². The van der Waals surface area contributed by atoms with Gasteiger partial charge in [-0.15, -0.1) is 0 Å². The van der Waals surface area contributed by atoms with Crippen molar-refractivity contribution in [1.82, 2.24) is 4.98 Å². The molecule has 0 fully saturated rings. The Morgan fingerprint density at radius 2 is 1.72 bits per heavy atom. The van der Waals surface area contributed by atoms with E-state index in [1.807, 2.05) is 0 Å². The molecular weight excluding hydrogens is 328 g/mol. The maximum absolute atomic E-state index is 14.4.